The van der Waals surface area contributed by atoms with E-state index in [9.17, 15) is 9.90 Å². The number of carbonyl (C=O) groups is 1. The highest BCUT2D eigenvalue weighted by atomic mass is 16.3. The van der Waals surface area contributed by atoms with Gasteiger partial charge in [-0.25, -0.2) is 0 Å². The van der Waals surface area contributed by atoms with Gasteiger partial charge in [0, 0.05) is 18.5 Å². The maximum absolute atomic E-state index is 11.3. The van der Waals surface area contributed by atoms with Crippen LogP contribution in [0.2, 0.25) is 0 Å². The summed E-state index contributed by atoms with van der Waals surface area (Å²) in [5.74, 6) is -0.341. The van der Waals surface area contributed by atoms with Crippen LogP contribution in [0.1, 0.15) is 37.0 Å². The van der Waals surface area contributed by atoms with Crippen molar-refractivity contribution >= 4 is 12.0 Å². The van der Waals surface area contributed by atoms with Crippen LogP contribution in [0.3, 0.4) is 0 Å². The van der Waals surface area contributed by atoms with E-state index in [0.29, 0.717) is 0 Å². The smallest absolute Gasteiger partial charge is 0.246 e. The van der Waals surface area contributed by atoms with Gasteiger partial charge in [0.05, 0.1) is 0 Å². The minimum Gasteiger partial charge on any atom is -0.372 e. The van der Waals surface area contributed by atoms with Crippen LogP contribution in [-0.4, -0.2) is 21.7 Å². The topological polar surface area (TPSA) is 62.2 Å². The summed E-state index contributed by atoms with van der Waals surface area (Å²) in [6.07, 6.45) is 10.3. The molecule has 1 aromatic heterocycles. The molecule has 1 aromatic carbocycles. The molecule has 0 saturated heterocycles. The predicted octanol–water partition coefficient (Wildman–Crippen LogP) is 3.11. The van der Waals surface area contributed by atoms with Crippen LogP contribution in [0.15, 0.2) is 54.9 Å². The maximum Gasteiger partial charge on any atom is 0.246 e. The Morgan fingerprint density at radius 3 is 2.38 bits per heavy atom. The number of rotatable bonds is 3. The van der Waals surface area contributed by atoms with Crippen molar-refractivity contribution in [3.8, 4) is 0 Å². The van der Waals surface area contributed by atoms with E-state index >= 15 is 0 Å². The number of aliphatic hydroxyl groups is 1. The lowest BCUT2D eigenvalue weighted by atomic mass is 10.1. The van der Waals surface area contributed by atoms with Gasteiger partial charge in [-0.3, -0.25) is 9.78 Å². The summed E-state index contributed by atoms with van der Waals surface area (Å²) in [7, 11) is 0. The van der Waals surface area contributed by atoms with Gasteiger partial charge in [-0.15, -0.1) is 0 Å². The van der Waals surface area contributed by atoms with Crippen molar-refractivity contribution < 1.29 is 9.90 Å². The molecule has 0 fully saturated rings. The van der Waals surface area contributed by atoms with Crippen LogP contribution >= 0.6 is 0 Å². The third-order valence-corrected chi connectivity index (χ3v) is 3.55. The van der Waals surface area contributed by atoms with Crippen LogP contribution in [0.4, 0.5) is 0 Å². The van der Waals surface area contributed by atoms with Gasteiger partial charge in [0.15, 0.2) is 0 Å². The Kier molecular flexibility index (Phi) is 6.27. The molecule has 1 aliphatic rings. The highest BCUT2D eigenvalue weighted by Gasteiger charge is 2.13. The summed E-state index contributed by atoms with van der Waals surface area (Å²) in [6, 6.07) is 12.4. The Balaban J connectivity index is 0.000000194. The summed E-state index contributed by atoms with van der Waals surface area (Å²) in [5, 5.41) is 11.7. The van der Waals surface area contributed by atoms with E-state index in [1.54, 1.807) is 35.7 Å². The molecule has 0 bridgehead atoms. The second kappa shape index (κ2) is 8.41. The minimum absolute atomic E-state index is 0.341. The first kappa shape index (κ1) is 17.9. The fourth-order valence-corrected chi connectivity index (χ4v) is 2.50. The molecule has 3 rings (SSSR count). The Labute approximate surface area is 143 Å². The number of hydrogen-bond donors (Lipinski definition) is 2. The van der Waals surface area contributed by atoms with Gasteiger partial charge in [-0.2, -0.15) is 0 Å². The van der Waals surface area contributed by atoms with E-state index in [1.807, 2.05) is 6.07 Å². The standard InChI is InChI=1S/C11H14N2O2.C9H10/c1-11(2,15)13-10(14)6-5-9-4-3-7-12-8-9;1-2-5-9-7-3-6-8(9)4-1/h3-8,15H,1-2H3,(H,13,14);1-2,4-5H,3,6-7H2/b6-5+;. The van der Waals surface area contributed by atoms with Crippen molar-refractivity contribution in [2.24, 2.45) is 0 Å². The normalized spacial score (nSPS) is 13.1. The molecule has 2 aromatic rings. The average molecular weight is 324 g/mol. The molecule has 0 aliphatic heterocycles. The molecule has 1 aliphatic carbocycles. The Morgan fingerprint density at radius 2 is 1.83 bits per heavy atom. The molecule has 24 heavy (non-hydrogen) atoms. The number of nitrogens with one attached hydrogen (secondary N) is 1. The molecule has 4 heteroatoms. The van der Waals surface area contributed by atoms with E-state index in [-0.39, 0.29) is 5.91 Å². The first-order valence-corrected chi connectivity index (χ1v) is 8.13. The van der Waals surface area contributed by atoms with E-state index < -0.39 is 5.72 Å². The lowest BCUT2D eigenvalue weighted by molar-refractivity contribution is -0.122. The van der Waals surface area contributed by atoms with Crippen molar-refractivity contribution in [1.82, 2.24) is 10.3 Å². The Hall–Kier alpha value is -2.46. The van der Waals surface area contributed by atoms with Crippen LogP contribution in [0.25, 0.3) is 6.08 Å². The largest absolute Gasteiger partial charge is 0.372 e. The average Bonchev–Trinajstić information content (AvgIpc) is 3.02. The van der Waals surface area contributed by atoms with Crippen molar-refractivity contribution in [3.63, 3.8) is 0 Å². The first-order valence-electron chi connectivity index (χ1n) is 8.13. The number of fused-ring (bicyclic) bond motifs is 1. The number of hydrogen-bond acceptors (Lipinski definition) is 3. The molecule has 0 atom stereocenters. The summed E-state index contributed by atoms with van der Waals surface area (Å²) in [5.41, 5.74) is 2.77. The predicted molar refractivity (Wildman–Crippen MR) is 96.2 cm³/mol. The maximum atomic E-state index is 11.3. The molecule has 4 nitrogen and oxygen atoms in total. The number of aromatic nitrogens is 1. The lowest BCUT2D eigenvalue weighted by Crippen LogP contribution is -2.42. The zero-order valence-corrected chi connectivity index (χ0v) is 14.2. The van der Waals surface area contributed by atoms with Crippen molar-refractivity contribution in [3.05, 3.63) is 71.6 Å². The van der Waals surface area contributed by atoms with Gasteiger partial charge in [-0.05, 0) is 61.9 Å². The second-order valence-electron chi connectivity index (χ2n) is 6.29. The molecule has 1 amide bonds. The molecule has 2 N–H and O–H groups in total. The number of aryl methyl sites for hydroxylation is 2. The summed E-state index contributed by atoms with van der Waals surface area (Å²) in [4.78, 5) is 15.2. The highest BCUT2D eigenvalue weighted by molar-refractivity contribution is 5.91. The van der Waals surface area contributed by atoms with Crippen LogP contribution in [-0.2, 0) is 17.6 Å². The highest BCUT2D eigenvalue weighted by Crippen LogP contribution is 2.20. The number of pyridine rings is 1. The van der Waals surface area contributed by atoms with Crippen LogP contribution in [0, 0.1) is 0 Å². The van der Waals surface area contributed by atoms with Crippen molar-refractivity contribution in [2.45, 2.75) is 38.8 Å². The first-order chi connectivity index (χ1) is 11.4. The number of benzene rings is 1. The third kappa shape index (κ3) is 6.34. The summed E-state index contributed by atoms with van der Waals surface area (Å²) in [6.45, 7) is 3.01. The lowest BCUT2D eigenvalue weighted by Gasteiger charge is -2.17. The molecule has 126 valence electrons. The zero-order chi connectivity index (χ0) is 17.4. The van der Waals surface area contributed by atoms with Gasteiger partial charge >= 0.3 is 0 Å². The third-order valence-electron chi connectivity index (χ3n) is 3.55. The van der Waals surface area contributed by atoms with Crippen molar-refractivity contribution in [1.29, 1.82) is 0 Å². The van der Waals surface area contributed by atoms with Gasteiger partial charge in [0.2, 0.25) is 5.91 Å². The van der Waals surface area contributed by atoms with E-state index in [0.717, 1.165) is 5.56 Å². The fourth-order valence-electron chi connectivity index (χ4n) is 2.50. The SMILES string of the molecule is CC(C)(O)NC(=O)/C=C/c1cccnc1.c1ccc2c(c1)CCC2. The monoisotopic (exact) mass is 324 g/mol. The van der Waals surface area contributed by atoms with Crippen molar-refractivity contribution in [2.75, 3.05) is 0 Å². The van der Waals surface area contributed by atoms with Crippen LogP contribution < -0.4 is 5.32 Å². The molecule has 0 saturated carbocycles. The second-order valence-corrected chi connectivity index (χ2v) is 6.29. The van der Waals surface area contributed by atoms with E-state index in [4.69, 9.17) is 0 Å². The van der Waals surface area contributed by atoms with Crippen LogP contribution in [0.5, 0.6) is 0 Å². The van der Waals surface area contributed by atoms with E-state index in [2.05, 4.69) is 34.6 Å². The minimum atomic E-state index is -1.20. The summed E-state index contributed by atoms with van der Waals surface area (Å²) >= 11 is 0. The zero-order valence-electron chi connectivity index (χ0n) is 14.2. The number of carbonyl (C=O) groups excluding carboxylic acids is 1. The van der Waals surface area contributed by atoms with Gasteiger partial charge in [-0.1, -0.05) is 30.3 Å². The Morgan fingerprint density at radius 1 is 1.17 bits per heavy atom. The summed E-state index contributed by atoms with van der Waals surface area (Å²) < 4.78 is 0. The fraction of sp³-hybridized carbons (Fsp3) is 0.300. The van der Waals surface area contributed by atoms with E-state index in [1.165, 1.54) is 39.2 Å². The molecule has 0 spiro atoms. The van der Waals surface area contributed by atoms with Gasteiger partial charge in [0.1, 0.15) is 5.72 Å². The Bertz CT molecular complexity index is 665. The molecule has 0 unspecified atom stereocenters. The number of nitrogens with zero attached hydrogens (tertiary/aromatic N) is 1. The molecular weight excluding hydrogens is 300 g/mol. The quantitative estimate of drug-likeness (QED) is 0.673. The molecule has 0 radical (unpaired) electrons. The number of amides is 1. The van der Waals surface area contributed by atoms with Gasteiger partial charge in [0.25, 0.3) is 0 Å². The molecule has 1 heterocycles. The van der Waals surface area contributed by atoms with Gasteiger partial charge < -0.3 is 10.4 Å². The molecular formula is C20H24N2O2.